The Morgan fingerprint density at radius 2 is 1.83 bits per heavy atom. The summed E-state index contributed by atoms with van der Waals surface area (Å²) in [5, 5.41) is 12.2. The molecule has 1 aromatic carbocycles. The lowest BCUT2D eigenvalue weighted by molar-refractivity contribution is -0.139. The molecule has 0 aliphatic heterocycles. The van der Waals surface area contributed by atoms with Crippen LogP contribution in [0.3, 0.4) is 0 Å². The van der Waals surface area contributed by atoms with Crippen molar-refractivity contribution >= 4 is 5.97 Å². The number of benzene rings is 1. The van der Waals surface area contributed by atoms with E-state index >= 15 is 0 Å². The minimum atomic E-state index is -0.756. The highest BCUT2D eigenvalue weighted by Crippen LogP contribution is 2.07. The van der Waals surface area contributed by atoms with E-state index in [9.17, 15) is 4.79 Å². The Morgan fingerprint density at radius 1 is 1.22 bits per heavy atom. The van der Waals surface area contributed by atoms with Gasteiger partial charge in [0.05, 0.1) is 0 Å². The number of aryl methyl sites for hydroxylation is 1. The minimum absolute atomic E-state index is 0.434. The summed E-state index contributed by atoms with van der Waals surface area (Å²) in [4.78, 5) is 11.1. The largest absolute Gasteiger partial charge is 0.480 e. The van der Waals surface area contributed by atoms with Gasteiger partial charge in [0.15, 0.2) is 0 Å². The zero-order chi connectivity index (χ0) is 13.4. The zero-order valence-electron chi connectivity index (χ0n) is 11.3. The number of rotatable bonds is 8. The van der Waals surface area contributed by atoms with Crippen LogP contribution in [0.25, 0.3) is 0 Å². The average molecular weight is 249 g/mol. The molecule has 1 rings (SSSR count). The van der Waals surface area contributed by atoms with Gasteiger partial charge in [0.2, 0.25) is 0 Å². The lowest BCUT2D eigenvalue weighted by atomic mass is 10.1. The number of carboxylic acids is 1. The summed E-state index contributed by atoms with van der Waals surface area (Å²) >= 11 is 0. The molecular formula is C15H23NO2. The topological polar surface area (TPSA) is 49.3 Å². The summed E-state index contributed by atoms with van der Waals surface area (Å²) in [6.07, 6.45) is 3.69. The second kappa shape index (κ2) is 7.88. The number of hydrogen-bond acceptors (Lipinski definition) is 2. The smallest absolute Gasteiger partial charge is 0.320 e. The standard InChI is InChI=1S/C15H23NO2/c1-3-5-6-14(15(17)18)16-11-13-9-7-12(4-2)8-10-13/h7-10,14,16H,3-6,11H2,1-2H3,(H,17,18). The lowest BCUT2D eigenvalue weighted by Crippen LogP contribution is -2.36. The van der Waals surface area contributed by atoms with Crippen LogP contribution >= 0.6 is 0 Å². The van der Waals surface area contributed by atoms with Crippen molar-refractivity contribution in [1.29, 1.82) is 0 Å². The van der Waals surface area contributed by atoms with Crippen molar-refractivity contribution in [3.05, 3.63) is 35.4 Å². The third-order valence-corrected chi connectivity index (χ3v) is 3.13. The fourth-order valence-electron chi connectivity index (χ4n) is 1.85. The van der Waals surface area contributed by atoms with Gasteiger partial charge < -0.3 is 10.4 Å². The van der Waals surface area contributed by atoms with Crippen molar-refractivity contribution in [3.8, 4) is 0 Å². The summed E-state index contributed by atoms with van der Waals surface area (Å²) in [5.74, 6) is -0.756. The fraction of sp³-hybridized carbons (Fsp3) is 0.533. The van der Waals surface area contributed by atoms with E-state index in [1.54, 1.807) is 0 Å². The normalized spacial score (nSPS) is 12.3. The van der Waals surface area contributed by atoms with Gasteiger partial charge in [-0.15, -0.1) is 0 Å². The van der Waals surface area contributed by atoms with Crippen molar-refractivity contribution < 1.29 is 9.90 Å². The molecule has 3 nitrogen and oxygen atoms in total. The first kappa shape index (κ1) is 14.7. The molecule has 0 amide bonds. The van der Waals surface area contributed by atoms with E-state index in [2.05, 4.69) is 43.4 Å². The van der Waals surface area contributed by atoms with Crippen LogP contribution in [0.1, 0.15) is 44.2 Å². The fourth-order valence-corrected chi connectivity index (χ4v) is 1.85. The van der Waals surface area contributed by atoms with Crippen LogP contribution in [0.4, 0.5) is 0 Å². The van der Waals surface area contributed by atoms with Crippen molar-refractivity contribution in [2.24, 2.45) is 0 Å². The van der Waals surface area contributed by atoms with Crippen LogP contribution in [-0.2, 0) is 17.8 Å². The van der Waals surface area contributed by atoms with E-state index in [-0.39, 0.29) is 0 Å². The average Bonchev–Trinajstić information content (AvgIpc) is 2.39. The van der Waals surface area contributed by atoms with E-state index in [0.29, 0.717) is 13.0 Å². The van der Waals surface area contributed by atoms with Gasteiger partial charge in [-0.3, -0.25) is 4.79 Å². The van der Waals surface area contributed by atoms with Crippen molar-refractivity contribution in [2.75, 3.05) is 0 Å². The zero-order valence-corrected chi connectivity index (χ0v) is 11.3. The Hall–Kier alpha value is -1.35. The Bertz CT molecular complexity index is 359. The summed E-state index contributed by atoms with van der Waals surface area (Å²) in [5.41, 5.74) is 2.44. The van der Waals surface area contributed by atoms with Crippen LogP contribution in [0.2, 0.25) is 0 Å². The van der Waals surface area contributed by atoms with E-state index in [0.717, 1.165) is 24.8 Å². The summed E-state index contributed by atoms with van der Waals surface area (Å²) in [7, 11) is 0. The predicted octanol–water partition coefficient (Wildman–Crippen LogP) is 2.98. The van der Waals surface area contributed by atoms with Gasteiger partial charge in [0.1, 0.15) is 6.04 Å². The Morgan fingerprint density at radius 3 is 2.33 bits per heavy atom. The molecule has 100 valence electrons. The first-order valence-electron chi connectivity index (χ1n) is 6.71. The minimum Gasteiger partial charge on any atom is -0.480 e. The van der Waals surface area contributed by atoms with Crippen LogP contribution < -0.4 is 5.32 Å². The third kappa shape index (κ3) is 4.88. The third-order valence-electron chi connectivity index (χ3n) is 3.13. The van der Waals surface area contributed by atoms with Crippen LogP contribution in [0.15, 0.2) is 24.3 Å². The molecule has 0 aliphatic rings. The van der Waals surface area contributed by atoms with Gasteiger partial charge in [0, 0.05) is 6.54 Å². The van der Waals surface area contributed by atoms with Gasteiger partial charge in [-0.1, -0.05) is 51.0 Å². The highest BCUT2D eigenvalue weighted by atomic mass is 16.4. The van der Waals surface area contributed by atoms with Gasteiger partial charge in [0.25, 0.3) is 0 Å². The number of aliphatic carboxylic acids is 1. The first-order chi connectivity index (χ1) is 8.67. The molecule has 1 aromatic rings. The molecule has 1 unspecified atom stereocenters. The molecule has 0 radical (unpaired) electrons. The van der Waals surface area contributed by atoms with Crippen molar-refractivity contribution in [2.45, 2.75) is 52.1 Å². The number of unbranched alkanes of at least 4 members (excludes halogenated alkanes) is 1. The van der Waals surface area contributed by atoms with Gasteiger partial charge in [-0.25, -0.2) is 0 Å². The number of hydrogen-bond donors (Lipinski definition) is 2. The summed E-state index contributed by atoms with van der Waals surface area (Å²) in [6, 6.07) is 7.88. The second-order valence-electron chi connectivity index (χ2n) is 4.58. The summed E-state index contributed by atoms with van der Waals surface area (Å²) in [6.45, 7) is 4.81. The maximum Gasteiger partial charge on any atom is 0.320 e. The van der Waals surface area contributed by atoms with Crippen molar-refractivity contribution in [1.82, 2.24) is 5.32 Å². The molecule has 0 fully saturated rings. The molecule has 18 heavy (non-hydrogen) atoms. The number of nitrogens with one attached hydrogen (secondary N) is 1. The van der Waals surface area contributed by atoms with Crippen molar-refractivity contribution in [3.63, 3.8) is 0 Å². The molecule has 0 aromatic heterocycles. The number of carboxylic acid groups (broad SMARTS) is 1. The molecule has 0 spiro atoms. The SMILES string of the molecule is CCCCC(NCc1ccc(CC)cc1)C(=O)O. The monoisotopic (exact) mass is 249 g/mol. The van der Waals surface area contributed by atoms with Gasteiger partial charge in [-0.2, -0.15) is 0 Å². The quantitative estimate of drug-likeness (QED) is 0.744. The van der Waals surface area contributed by atoms with E-state index in [4.69, 9.17) is 5.11 Å². The molecule has 0 aliphatic carbocycles. The molecule has 0 heterocycles. The molecule has 0 saturated heterocycles. The lowest BCUT2D eigenvalue weighted by Gasteiger charge is -2.14. The molecule has 3 heteroatoms. The van der Waals surface area contributed by atoms with Crippen LogP contribution in [0, 0.1) is 0 Å². The Labute approximate surface area is 109 Å². The summed E-state index contributed by atoms with van der Waals surface area (Å²) < 4.78 is 0. The van der Waals surface area contributed by atoms with E-state index < -0.39 is 12.0 Å². The maximum absolute atomic E-state index is 11.1. The van der Waals surface area contributed by atoms with E-state index in [1.165, 1.54) is 5.56 Å². The highest BCUT2D eigenvalue weighted by Gasteiger charge is 2.15. The highest BCUT2D eigenvalue weighted by molar-refractivity contribution is 5.73. The molecular weight excluding hydrogens is 226 g/mol. The second-order valence-corrected chi connectivity index (χ2v) is 4.58. The maximum atomic E-state index is 11.1. The number of carbonyl (C=O) groups is 1. The van der Waals surface area contributed by atoms with Crippen LogP contribution in [0.5, 0.6) is 0 Å². The van der Waals surface area contributed by atoms with Gasteiger partial charge in [-0.05, 0) is 24.0 Å². The first-order valence-corrected chi connectivity index (χ1v) is 6.71. The predicted molar refractivity (Wildman–Crippen MR) is 73.6 cm³/mol. The Kier molecular flexibility index (Phi) is 6.44. The molecule has 2 N–H and O–H groups in total. The van der Waals surface area contributed by atoms with Crippen LogP contribution in [-0.4, -0.2) is 17.1 Å². The Balaban J connectivity index is 2.47. The molecule has 0 bridgehead atoms. The molecule has 1 atom stereocenters. The van der Waals surface area contributed by atoms with E-state index in [1.807, 2.05) is 0 Å². The van der Waals surface area contributed by atoms with Gasteiger partial charge >= 0.3 is 5.97 Å². The molecule has 0 saturated carbocycles.